The minimum Gasteiger partial charge on any atom is -0.463 e. The van der Waals surface area contributed by atoms with Crippen molar-refractivity contribution in [2.24, 2.45) is 0 Å². The van der Waals surface area contributed by atoms with Gasteiger partial charge in [0.25, 0.3) is 0 Å². The molecule has 0 aliphatic heterocycles. The summed E-state index contributed by atoms with van der Waals surface area (Å²) in [7, 11) is -9.57. The molecule has 0 aromatic rings. The molecule has 0 amide bonds. The average molecular weight is 1010 g/mol. The number of phosphoric ester groups is 2. The second-order valence-electron chi connectivity index (χ2n) is 18.2. The van der Waals surface area contributed by atoms with Crippen molar-refractivity contribution in [3.05, 3.63) is 24.3 Å². The number of ether oxygens (including phenoxy) is 2. The molecule has 0 saturated carbocycles. The van der Waals surface area contributed by atoms with Gasteiger partial charge in [0.15, 0.2) is 0 Å². The summed E-state index contributed by atoms with van der Waals surface area (Å²) in [4.78, 5) is 43.9. The summed E-state index contributed by atoms with van der Waals surface area (Å²) in [5, 5.41) is 30.1. The fraction of sp³-hybridized carbons (Fsp3) is 0.882. The Hall–Kier alpha value is -1.48. The quantitative estimate of drug-likeness (QED) is 0.0165. The van der Waals surface area contributed by atoms with Crippen LogP contribution in [0.3, 0.4) is 0 Å². The van der Waals surface area contributed by atoms with Crippen LogP contribution in [-0.2, 0) is 46.3 Å². The molecule has 5 unspecified atom stereocenters. The van der Waals surface area contributed by atoms with Gasteiger partial charge in [0.1, 0.15) is 31.5 Å². The van der Waals surface area contributed by atoms with Gasteiger partial charge < -0.3 is 34.6 Å². The van der Waals surface area contributed by atoms with Crippen molar-refractivity contribution in [1.82, 2.24) is 0 Å². The van der Waals surface area contributed by atoms with E-state index < -0.39 is 85.5 Å². The van der Waals surface area contributed by atoms with Gasteiger partial charge in [0.05, 0.1) is 26.4 Å². The Balaban J connectivity index is 3.83. The Morgan fingerprint density at radius 3 is 0.853 bits per heavy atom. The van der Waals surface area contributed by atoms with Crippen LogP contribution in [0.15, 0.2) is 24.3 Å². The van der Waals surface area contributed by atoms with E-state index in [1.165, 1.54) is 148 Å². The third-order valence-corrected chi connectivity index (χ3v) is 13.3. The van der Waals surface area contributed by atoms with E-state index in [-0.39, 0.29) is 12.8 Å². The summed E-state index contributed by atoms with van der Waals surface area (Å²) >= 11 is 0. The van der Waals surface area contributed by atoms with Crippen molar-refractivity contribution in [2.45, 2.75) is 250 Å². The Bertz CT molecular complexity index is 1320. The van der Waals surface area contributed by atoms with Crippen LogP contribution in [0, 0.1) is 0 Å². The third-order valence-electron chi connectivity index (χ3n) is 11.4. The molecule has 0 radical (unpaired) electrons. The second-order valence-corrected chi connectivity index (χ2v) is 21.1. The van der Waals surface area contributed by atoms with Gasteiger partial charge in [-0.15, -0.1) is 0 Å². The minimum atomic E-state index is -4.79. The van der Waals surface area contributed by atoms with Crippen LogP contribution in [0.5, 0.6) is 0 Å². The van der Waals surface area contributed by atoms with E-state index in [4.69, 9.17) is 18.5 Å². The first-order valence-electron chi connectivity index (χ1n) is 26.7. The van der Waals surface area contributed by atoms with E-state index in [9.17, 15) is 43.8 Å². The van der Waals surface area contributed by atoms with Gasteiger partial charge in [-0.1, -0.05) is 179 Å². The van der Waals surface area contributed by atoms with E-state index in [0.29, 0.717) is 12.8 Å². The monoisotopic (exact) mass is 1010 g/mol. The van der Waals surface area contributed by atoms with Crippen LogP contribution in [0.25, 0.3) is 0 Å². The van der Waals surface area contributed by atoms with Gasteiger partial charge in [-0.2, -0.15) is 0 Å². The number of carbonyl (C=O) groups excluding carboxylic acids is 2. The molecule has 0 aromatic heterocycles. The van der Waals surface area contributed by atoms with Crippen LogP contribution in [0.1, 0.15) is 232 Å². The smallest absolute Gasteiger partial charge is 0.463 e. The fourth-order valence-corrected chi connectivity index (χ4v) is 8.79. The molecule has 0 aliphatic rings. The maximum Gasteiger partial charge on any atom is 0.472 e. The molecule has 0 spiro atoms. The standard InChI is InChI=1S/C51H98O15P2/c1-3-5-7-9-11-13-15-17-19-21-22-24-26-28-30-32-34-36-38-40-51(56)62-42-48(53)44-64-68(59,60)66-46-49(54)45-65-67(57,58)63-43-47(52)41-61-50(55)39-37-35-33-31-29-27-25-23-20-18-16-14-12-10-8-6-4-2/h17-20,47-49,52-54H,3-16,21-46H2,1-2H3,(H,57,58)(H,59,60)/b19-17+,20-18+. The summed E-state index contributed by atoms with van der Waals surface area (Å²) in [5.74, 6) is -0.994. The van der Waals surface area contributed by atoms with E-state index in [0.717, 1.165) is 44.9 Å². The SMILES string of the molecule is CCCCCCCC/C=C/CCCCCCCCCCCC(=O)OCC(O)COP(=O)(O)OCC(O)COP(=O)(O)OCC(O)COC(=O)CCCCCCCCC/C=C/CCCCCCCC. The minimum absolute atomic E-state index is 0.194. The highest BCUT2D eigenvalue weighted by molar-refractivity contribution is 7.47. The molecular formula is C51H98O15P2. The van der Waals surface area contributed by atoms with Crippen LogP contribution in [0.2, 0.25) is 0 Å². The Kier molecular flexibility index (Phi) is 46.8. The molecule has 17 heteroatoms. The molecule has 0 rings (SSSR count). The Morgan fingerprint density at radius 2 is 0.588 bits per heavy atom. The Morgan fingerprint density at radius 1 is 0.368 bits per heavy atom. The highest BCUT2D eigenvalue weighted by Crippen LogP contribution is 2.45. The van der Waals surface area contributed by atoms with Gasteiger partial charge in [0.2, 0.25) is 0 Å². The summed E-state index contributed by atoms with van der Waals surface area (Å²) in [6.45, 7) is 0.448. The van der Waals surface area contributed by atoms with Gasteiger partial charge in [-0.05, 0) is 64.2 Å². The number of carbonyl (C=O) groups is 2. The van der Waals surface area contributed by atoms with E-state index in [1.54, 1.807) is 0 Å². The molecule has 15 nitrogen and oxygen atoms in total. The summed E-state index contributed by atoms with van der Waals surface area (Å²) in [5.41, 5.74) is 0. The fourth-order valence-electron chi connectivity index (χ4n) is 7.20. The highest BCUT2D eigenvalue weighted by Gasteiger charge is 2.28. The topological polar surface area (TPSA) is 225 Å². The lowest BCUT2D eigenvalue weighted by Crippen LogP contribution is -2.25. The summed E-state index contributed by atoms with van der Waals surface area (Å²) in [6, 6.07) is 0. The molecule has 0 fully saturated rings. The van der Waals surface area contributed by atoms with Crippen molar-refractivity contribution in [3.8, 4) is 0 Å². The number of hydrogen-bond acceptors (Lipinski definition) is 13. The van der Waals surface area contributed by atoms with Gasteiger partial charge >= 0.3 is 27.6 Å². The molecule has 0 bridgehead atoms. The van der Waals surface area contributed by atoms with Crippen molar-refractivity contribution in [1.29, 1.82) is 0 Å². The molecule has 5 atom stereocenters. The van der Waals surface area contributed by atoms with Gasteiger partial charge in [-0.25, -0.2) is 9.13 Å². The zero-order chi connectivity index (χ0) is 50.2. The molecule has 0 aliphatic carbocycles. The van der Waals surface area contributed by atoms with Crippen molar-refractivity contribution in [2.75, 3.05) is 39.6 Å². The molecule has 0 aromatic carbocycles. The first-order chi connectivity index (χ1) is 32.8. The highest BCUT2D eigenvalue weighted by atomic mass is 31.2. The average Bonchev–Trinajstić information content (AvgIpc) is 3.31. The normalized spacial score (nSPS) is 15.1. The maximum absolute atomic E-state index is 12.2. The number of aliphatic hydroxyl groups excluding tert-OH is 3. The maximum atomic E-state index is 12.2. The number of unbranched alkanes of at least 4 members (excludes halogenated alkanes) is 28. The zero-order valence-corrected chi connectivity index (χ0v) is 44.3. The number of rotatable bonds is 52. The number of aliphatic hydroxyl groups is 3. The van der Waals surface area contributed by atoms with E-state index in [2.05, 4.69) is 47.2 Å². The predicted octanol–water partition coefficient (Wildman–Crippen LogP) is 12.8. The lowest BCUT2D eigenvalue weighted by atomic mass is 10.1. The molecule has 5 N–H and O–H groups in total. The van der Waals surface area contributed by atoms with Crippen LogP contribution < -0.4 is 0 Å². The summed E-state index contributed by atoms with van der Waals surface area (Å²) < 4.78 is 53.1. The lowest BCUT2D eigenvalue weighted by Gasteiger charge is -2.19. The largest absolute Gasteiger partial charge is 0.472 e. The number of phosphoric acid groups is 2. The lowest BCUT2D eigenvalue weighted by molar-refractivity contribution is -0.148. The van der Waals surface area contributed by atoms with Crippen molar-refractivity contribution in [3.63, 3.8) is 0 Å². The van der Waals surface area contributed by atoms with Crippen molar-refractivity contribution >= 4 is 27.6 Å². The van der Waals surface area contributed by atoms with Crippen LogP contribution >= 0.6 is 15.6 Å². The molecule has 0 heterocycles. The van der Waals surface area contributed by atoms with E-state index in [1.807, 2.05) is 0 Å². The second kappa shape index (κ2) is 47.8. The molecule has 68 heavy (non-hydrogen) atoms. The molecular weight excluding hydrogens is 914 g/mol. The van der Waals surface area contributed by atoms with Crippen molar-refractivity contribution < 1.29 is 71.4 Å². The molecule has 0 saturated heterocycles. The number of allylic oxidation sites excluding steroid dienone is 4. The van der Waals surface area contributed by atoms with Crippen LogP contribution in [0.4, 0.5) is 0 Å². The third kappa shape index (κ3) is 49.5. The predicted molar refractivity (Wildman–Crippen MR) is 270 cm³/mol. The summed E-state index contributed by atoms with van der Waals surface area (Å²) in [6.07, 6.45) is 43.0. The first kappa shape index (κ1) is 66.5. The first-order valence-corrected chi connectivity index (χ1v) is 29.7. The number of hydrogen-bond donors (Lipinski definition) is 5. The molecule has 402 valence electrons. The zero-order valence-electron chi connectivity index (χ0n) is 42.5. The Labute approximate surface area is 412 Å². The van der Waals surface area contributed by atoms with E-state index >= 15 is 0 Å². The number of esters is 2. The van der Waals surface area contributed by atoms with Gasteiger partial charge in [0, 0.05) is 12.8 Å². The van der Waals surface area contributed by atoms with Crippen LogP contribution in [-0.4, -0.2) is 95.0 Å². The van der Waals surface area contributed by atoms with Gasteiger partial charge in [-0.3, -0.25) is 27.7 Å².